The molecular weight excluding hydrogens is 372 g/mol. The maximum atomic E-state index is 12.2. The van der Waals surface area contributed by atoms with Crippen molar-refractivity contribution in [3.05, 3.63) is 47.8 Å². The molecule has 0 amide bonds. The van der Waals surface area contributed by atoms with E-state index in [1.165, 1.54) is 63.4 Å². The van der Waals surface area contributed by atoms with Gasteiger partial charge in [0.25, 0.3) is 0 Å². The van der Waals surface area contributed by atoms with Crippen molar-refractivity contribution in [2.75, 3.05) is 6.61 Å². The number of aromatic nitrogens is 2. The van der Waals surface area contributed by atoms with E-state index >= 15 is 0 Å². The van der Waals surface area contributed by atoms with Gasteiger partial charge in [-0.05, 0) is 37.0 Å². The fourth-order valence-electron chi connectivity index (χ4n) is 3.45. The quantitative estimate of drug-likeness (QED) is 0.231. The molecule has 0 radical (unpaired) electrons. The summed E-state index contributed by atoms with van der Waals surface area (Å²) in [5.74, 6) is 0.436. The molecule has 0 spiro atoms. The van der Waals surface area contributed by atoms with Gasteiger partial charge in [-0.2, -0.15) is 0 Å². The van der Waals surface area contributed by atoms with Crippen LogP contribution >= 0.6 is 0 Å². The number of nitrogens with zero attached hydrogens (tertiary/aromatic N) is 2. The summed E-state index contributed by atoms with van der Waals surface area (Å²) in [6, 6.07) is 7.37. The topological polar surface area (TPSA) is 52.1 Å². The van der Waals surface area contributed by atoms with E-state index in [4.69, 9.17) is 4.74 Å². The lowest BCUT2D eigenvalue weighted by molar-refractivity contribution is 0.0497. The molecule has 0 aliphatic rings. The average Bonchev–Trinajstić information content (AvgIpc) is 2.79. The Morgan fingerprint density at radius 2 is 1.33 bits per heavy atom. The molecule has 0 aliphatic heterocycles. The molecule has 0 saturated heterocycles. The Balaban J connectivity index is 1.74. The van der Waals surface area contributed by atoms with Crippen LogP contribution in [0.1, 0.15) is 100 Å². The molecule has 30 heavy (non-hydrogen) atoms. The highest BCUT2D eigenvalue weighted by molar-refractivity contribution is 5.89. The zero-order chi connectivity index (χ0) is 21.4. The van der Waals surface area contributed by atoms with Crippen molar-refractivity contribution in [1.82, 2.24) is 9.97 Å². The summed E-state index contributed by atoms with van der Waals surface area (Å²) in [7, 11) is 0. The van der Waals surface area contributed by atoms with E-state index in [-0.39, 0.29) is 5.97 Å². The highest BCUT2D eigenvalue weighted by Crippen LogP contribution is 2.17. The van der Waals surface area contributed by atoms with Crippen LogP contribution in [0.4, 0.5) is 0 Å². The number of ether oxygens (including phenoxy) is 1. The Morgan fingerprint density at radius 1 is 0.767 bits per heavy atom. The zero-order valence-electron chi connectivity index (χ0n) is 18.9. The van der Waals surface area contributed by atoms with E-state index in [2.05, 4.69) is 23.8 Å². The molecule has 0 N–H and O–H groups in total. The Labute approximate surface area is 182 Å². The molecule has 0 atom stereocenters. The predicted octanol–water partition coefficient (Wildman–Crippen LogP) is 7.17. The average molecular weight is 411 g/mol. The molecule has 0 bridgehead atoms. The maximum absolute atomic E-state index is 12.2. The minimum absolute atomic E-state index is 0.255. The molecule has 0 saturated carbocycles. The summed E-state index contributed by atoms with van der Waals surface area (Å²) >= 11 is 0. The van der Waals surface area contributed by atoms with Crippen LogP contribution in [-0.2, 0) is 11.2 Å². The highest BCUT2D eigenvalue weighted by Gasteiger charge is 2.08. The first-order valence-electron chi connectivity index (χ1n) is 11.8. The Morgan fingerprint density at radius 3 is 1.97 bits per heavy atom. The molecule has 1 aromatic carbocycles. The summed E-state index contributed by atoms with van der Waals surface area (Å²) < 4.78 is 5.39. The number of hydrogen-bond acceptors (Lipinski definition) is 4. The zero-order valence-corrected chi connectivity index (χ0v) is 18.9. The number of hydrogen-bond donors (Lipinski definition) is 0. The van der Waals surface area contributed by atoms with Crippen molar-refractivity contribution in [3.8, 4) is 11.4 Å². The van der Waals surface area contributed by atoms with Crippen LogP contribution in [0.5, 0.6) is 0 Å². The first kappa shape index (κ1) is 24.0. The first-order valence-corrected chi connectivity index (χ1v) is 11.8. The Hall–Kier alpha value is -2.23. The van der Waals surface area contributed by atoms with Gasteiger partial charge in [0, 0.05) is 18.0 Å². The molecule has 1 heterocycles. The second-order valence-corrected chi connectivity index (χ2v) is 8.06. The van der Waals surface area contributed by atoms with Crippen LogP contribution < -0.4 is 0 Å². The molecule has 4 nitrogen and oxygen atoms in total. The lowest BCUT2D eigenvalue weighted by Gasteiger charge is -2.06. The molecule has 1 aromatic heterocycles. The summed E-state index contributed by atoms with van der Waals surface area (Å²) in [4.78, 5) is 21.2. The number of unbranched alkanes of at least 4 members (excludes halogenated alkanes) is 9. The summed E-state index contributed by atoms with van der Waals surface area (Å²) in [6.45, 7) is 4.94. The number of carbonyl (C=O) groups excluding carboxylic acids is 1. The molecular formula is C26H38N2O2. The number of esters is 1. The van der Waals surface area contributed by atoms with Gasteiger partial charge in [0.15, 0.2) is 5.82 Å². The summed E-state index contributed by atoms with van der Waals surface area (Å²) in [5, 5.41) is 0. The van der Waals surface area contributed by atoms with Gasteiger partial charge < -0.3 is 4.74 Å². The van der Waals surface area contributed by atoms with E-state index < -0.39 is 0 Å². The van der Waals surface area contributed by atoms with Crippen molar-refractivity contribution in [2.24, 2.45) is 0 Å². The van der Waals surface area contributed by atoms with Gasteiger partial charge in [-0.1, -0.05) is 83.8 Å². The molecule has 2 aromatic rings. The molecule has 0 fully saturated rings. The standard InChI is InChI=1S/C26H38N2O2/c1-3-5-7-9-11-13-19-30-26(29)24-17-15-23(16-18-24)25-27-20-22(21-28-25)14-12-10-8-6-4-2/h15-18,20-21H,3-14,19H2,1-2H3. The SMILES string of the molecule is CCCCCCCCOC(=O)c1ccc(-c2ncc(CCCCCCC)cn2)cc1. The van der Waals surface area contributed by atoms with Crippen LogP contribution in [0.3, 0.4) is 0 Å². The van der Waals surface area contributed by atoms with Gasteiger partial charge in [0.05, 0.1) is 12.2 Å². The minimum Gasteiger partial charge on any atom is -0.462 e. The van der Waals surface area contributed by atoms with Crippen LogP contribution in [0.2, 0.25) is 0 Å². The van der Waals surface area contributed by atoms with E-state index in [0.29, 0.717) is 18.0 Å². The third kappa shape index (κ3) is 9.06. The molecule has 0 aliphatic carbocycles. The molecule has 2 rings (SSSR count). The number of carbonyl (C=O) groups is 1. The lowest BCUT2D eigenvalue weighted by Crippen LogP contribution is -2.06. The molecule has 0 unspecified atom stereocenters. The van der Waals surface area contributed by atoms with Gasteiger partial charge in [-0.3, -0.25) is 0 Å². The van der Waals surface area contributed by atoms with Crippen molar-refractivity contribution in [2.45, 2.75) is 90.9 Å². The molecule has 4 heteroatoms. The van der Waals surface area contributed by atoms with Gasteiger partial charge >= 0.3 is 5.97 Å². The van der Waals surface area contributed by atoms with Crippen LogP contribution in [0, 0.1) is 0 Å². The number of benzene rings is 1. The van der Waals surface area contributed by atoms with Gasteiger partial charge in [0.2, 0.25) is 0 Å². The smallest absolute Gasteiger partial charge is 0.338 e. The van der Waals surface area contributed by atoms with Gasteiger partial charge in [-0.25, -0.2) is 14.8 Å². The van der Waals surface area contributed by atoms with Gasteiger partial charge in [-0.15, -0.1) is 0 Å². The minimum atomic E-state index is -0.255. The normalized spacial score (nSPS) is 10.9. The maximum Gasteiger partial charge on any atom is 0.338 e. The number of rotatable bonds is 15. The largest absolute Gasteiger partial charge is 0.462 e. The van der Waals surface area contributed by atoms with E-state index in [1.807, 2.05) is 24.5 Å². The van der Waals surface area contributed by atoms with Crippen LogP contribution in [0.25, 0.3) is 11.4 Å². The second-order valence-electron chi connectivity index (χ2n) is 8.06. The first-order chi connectivity index (χ1) is 14.7. The summed E-state index contributed by atoms with van der Waals surface area (Å²) in [6.07, 6.45) is 18.3. The summed E-state index contributed by atoms with van der Waals surface area (Å²) in [5.41, 5.74) is 2.68. The van der Waals surface area contributed by atoms with Crippen molar-refractivity contribution < 1.29 is 9.53 Å². The number of aryl methyl sites for hydroxylation is 1. The van der Waals surface area contributed by atoms with E-state index in [0.717, 1.165) is 24.8 Å². The third-order valence-electron chi connectivity index (χ3n) is 5.38. The van der Waals surface area contributed by atoms with E-state index in [1.54, 1.807) is 12.1 Å². The third-order valence-corrected chi connectivity index (χ3v) is 5.38. The van der Waals surface area contributed by atoms with Crippen LogP contribution in [-0.4, -0.2) is 22.5 Å². The van der Waals surface area contributed by atoms with Crippen molar-refractivity contribution in [1.29, 1.82) is 0 Å². The lowest BCUT2D eigenvalue weighted by atomic mass is 10.1. The van der Waals surface area contributed by atoms with Gasteiger partial charge in [0.1, 0.15) is 0 Å². The molecule has 164 valence electrons. The van der Waals surface area contributed by atoms with Crippen LogP contribution in [0.15, 0.2) is 36.7 Å². The monoisotopic (exact) mass is 410 g/mol. The Bertz CT molecular complexity index is 711. The van der Waals surface area contributed by atoms with Crippen molar-refractivity contribution in [3.63, 3.8) is 0 Å². The van der Waals surface area contributed by atoms with Crippen molar-refractivity contribution >= 4 is 5.97 Å². The predicted molar refractivity (Wildman–Crippen MR) is 124 cm³/mol. The fraction of sp³-hybridized carbons (Fsp3) is 0.577. The second kappa shape index (κ2) is 14.7. The van der Waals surface area contributed by atoms with E-state index in [9.17, 15) is 4.79 Å². The highest BCUT2D eigenvalue weighted by atomic mass is 16.5. The Kier molecular flexibility index (Phi) is 11.8. The fourth-order valence-corrected chi connectivity index (χ4v) is 3.45.